The van der Waals surface area contributed by atoms with Crippen molar-refractivity contribution >= 4 is 69.4 Å². The van der Waals surface area contributed by atoms with Crippen LogP contribution in [0.4, 0.5) is 20.4 Å². The summed E-state index contributed by atoms with van der Waals surface area (Å²) in [6.07, 6.45) is 6.19. The number of amides is 1. The summed E-state index contributed by atoms with van der Waals surface area (Å²) in [5, 5.41) is 37.3. The first-order valence-electron chi connectivity index (χ1n) is 17.9. The number of hydrogen-bond donors (Lipinski definition) is 7. The molecule has 0 radical (unpaired) electrons. The highest BCUT2D eigenvalue weighted by Gasteiger charge is 2.17. The summed E-state index contributed by atoms with van der Waals surface area (Å²) < 4.78 is 26.0. The first-order chi connectivity index (χ1) is 28.1. The highest BCUT2D eigenvalue weighted by molar-refractivity contribution is 7.17. The lowest BCUT2D eigenvalue weighted by Gasteiger charge is -2.10. The maximum absolute atomic E-state index is 13.4. The van der Waals surface area contributed by atoms with Gasteiger partial charge >= 0.3 is 5.97 Å². The van der Waals surface area contributed by atoms with Crippen LogP contribution in [-0.2, 0) is 26.3 Å². The second-order valence-electron chi connectivity index (χ2n) is 13.1. The number of nitrogens with one attached hydrogen (secondary N) is 3. The molecule has 0 atom stereocenters. The number of aliphatic hydroxyl groups excluding tert-OH is 2. The van der Waals surface area contributed by atoms with Crippen molar-refractivity contribution < 1.29 is 33.7 Å². The van der Waals surface area contributed by atoms with Crippen molar-refractivity contribution in [1.82, 2.24) is 25.3 Å². The molecular weight excluding hydrogens is 858 g/mol. The molecule has 0 fully saturated rings. The number of carbonyl (C=O) groups is 2. The second kappa shape index (κ2) is 23.6. The van der Waals surface area contributed by atoms with Crippen molar-refractivity contribution in [2.75, 3.05) is 10.6 Å². The van der Waals surface area contributed by atoms with E-state index in [1.165, 1.54) is 53.9 Å². The lowest BCUT2D eigenvalue weighted by atomic mass is 10.1. The number of carboxylic acids is 1. The van der Waals surface area contributed by atoms with Gasteiger partial charge in [-0.2, -0.15) is 0 Å². The van der Waals surface area contributed by atoms with Crippen LogP contribution in [0.1, 0.15) is 77.0 Å². The van der Waals surface area contributed by atoms with Gasteiger partial charge in [-0.05, 0) is 86.3 Å². The quantitative estimate of drug-likeness (QED) is 0.0579. The fourth-order valence-electron chi connectivity index (χ4n) is 5.11. The van der Waals surface area contributed by atoms with E-state index in [1.807, 2.05) is 33.8 Å². The Labute approximate surface area is 364 Å². The third-order valence-electron chi connectivity index (χ3n) is 7.84. The van der Waals surface area contributed by atoms with E-state index in [0.717, 1.165) is 27.3 Å². The monoisotopic (exact) mass is 902 g/mol. The van der Waals surface area contributed by atoms with E-state index in [9.17, 15) is 23.5 Å². The molecule has 8 N–H and O–H groups in total. The number of halogens is 4. The van der Waals surface area contributed by atoms with Crippen LogP contribution >= 0.6 is 45.9 Å². The van der Waals surface area contributed by atoms with Crippen molar-refractivity contribution in [1.29, 1.82) is 0 Å². The topological polar surface area (TPSA) is 208 Å². The molecule has 1 amide bonds. The second-order valence-corrected chi connectivity index (χ2v) is 16.0. The highest BCUT2D eigenvalue weighted by atomic mass is 35.5. The number of anilines is 2. The van der Waals surface area contributed by atoms with Crippen molar-refractivity contribution in [2.24, 2.45) is 5.73 Å². The average molecular weight is 904 g/mol. The van der Waals surface area contributed by atoms with Gasteiger partial charge in [0.25, 0.3) is 5.91 Å². The Hall–Kier alpha value is -5.14. The number of nitrogens with zero attached hydrogens (tertiary/aromatic N) is 4. The summed E-state index contributed by atoms with van der Waals surface area (Å²) in [7, 11) is 0. The van der Waals surface area contributed by atoms with Crippen LogP contribution in [0, 0.1) is 11.6 Å². The van der Waals surface area contributed by atoms with E-state index < -0.39 is 11.8 Å². The fourth-order valence-corrected chi connectivity index (χ4v) is 7.28. The average Bonchev–Trinajstić information content (AvgIpc) is 3.90. The van der Waals surface area contributed by atoms with Crippen molar-refractivity contribution in [3.05, 3.63) is 127 Å². The van der Waals surface area contributed by atoms with Gasteiger partial charge in [0.2, 0.25) is 5.01 Å². The molecule has 0 aliphatic heterocycles. The zero-order chi connectivity index (χ0) is 43.2. The molecule has 13 nitrogen and oxygen atoms in total. The number of pyridine rings is 2. The van der Waals surface area contributed by atoms with Crippen LogP contribution in [0.5, 0.6) is 0 Å². The molecule has 320 valence electrons. The number of carbonyl (C=O) groups excluding carboxylic acids is 1. The molecule has 0 saturated heterocycles. The summed E-state index contributed by atoms with van der Waals surface area (Å²) in [6, 6.07) is 12.3. The van der Waals surface area contributed by atoms with Crippen molar-refractivity contribution in [3.8, 4) is 20.9 Å². The largest absolute Gasteiger partial charge is 0.476 e. The third kappa shape index (κ3) is 14.3. The van der Waals surface area contributed by atoms with E-state index in [2.05, 4.69) is 35.9 Å². The third-order valence-corrected chi connectivity index (χ3v) is 10.5. The molecular formula is C41H46Cl2F2N8O5S2. The number of benzene rings is 2. The van der Waals surface area contributed by atoms with Gasteiger partial charge in [-0.1, -0.05) is 42.8 Å². The molecule has 19 heteroatoms. The Morgan fingerprint density at radius 2 is 1.15 bits per heavy atom. The Bertz CT molecular complexity index is 2360. The smallest absolute Gasteiger partial charge is 0.365 e. The number of aromatic carboxylic acids is 1. The molecule has 2 aromatic carbocycles. The molecule has 6 rings (SSSR count). The van der Waals surface area contributed by atoms with E-state index >= 15 is 0 Å². The maximum Gasteiger partial charge on any atom is 0.365 e. The van der Waals surface area contributed by atoms with Gasteiger partial charge in [-0.3, -0.25) is 4.79 Å². The number of aromatic nitrogens is 4. The Morgan fingerprint density at radius 3 is 1.58 bits per heavy atom. The lowest BCUT2D eigenvalue weighted by molar-refractivity contribution is 0.0696. The zero-order valence-corrected chi connectivity index (χ0v) is 35.4. The van der Waals surface area contributed by atoms with Gasteiger partial charge in [0, 0.05) is 61.1 Å². The molecule has 6 aromatic rings. The van der Waals surface area contributed by atoms with Gasteiger partial charge in [0.05, 0.1) is 33.0 Å². The van der Waals surface area contributed by atoms with E-state index in [0.29, 0.717) is 48.8 Å². The predicted molar refractivity (Wildman–Crippen MR) is 236 cm³/mol. The lowest BCUT2D eigenvalue weighted by Crippen LogP contribution is -2.23. The Kier molecular flexibility index (Phi) is 19.4. The van der Waals surface area contributed by atoms with Gasteiger partial charge < -0.3 is 37.0 Å². The number of hydrogen-bond acceptors (Lipinski definition) is 13. The molecule has 4 heterocycles. The van der Waals surface area contributed by atoms with E-state index in [4.69, 9.17) is 39.1 Å². The van der Waals surface area contributed by atoms with Gasteiger partial charge in [-0.25, -0.2) is 33.5 Å². The van der Waals surface area contributed by atoms with Crippen molar-refractivity contribution in [2.45, 2.75) is 73.5 Å². The van der Waals surface area contributed by atoms with Gasteiger partial charge in [0.15, 0.2) is 5.01 Å². The predicted octanol–water partition coefficient (Wildman–Crippen LogP) is 9.03. The van der Waals surface area contributed by atoms with Crippen LogP contribution < -0.4 is 21.7 Å². The van der Waals surface area contributed by atoms with Crippen LogP contribution in [0.15, 0.2) is 73.3 Å². The van der Waals surface area contributed by atoms with Crippen LogP contribution in [-0.4, -0.2) is 59.2 Å². The first kappa shape index (κ1) is 49.2. The zero-order valence-electron chi connectivity index (χ0n) is 32.3. The number of rotatable bonds is 13. The van der Waals surface area contributed by atoms with Gasteiger partial charge in [-0.15, -0.1) is 22.7 Å². The van der Waals surface area contributed by atoms with E-state index in [1.54, 1.807) is 24.7 Å². The highest BCUT2D eigenvalue weighted by Crippen LogP contribution is 2.34. The summed E-state index contributed by atoms with van der Waals surface area (Å²) in [5.41, 5.74) is 9.19. The van der Waals surface area contributed by atoms with Gasteiger partial charge in [0.1, 0.15) is 23.3 Å². The molecule has 0 saturated carbocycles. The van der Waals surface area contributed by atoms with Crippen molar-refractivity contribution in [3.63, 3.8) is 0 Å². The molecule has 0 aliphatic carbocycles. The Morgan fingerprint density at radius 1 is 0.700 bits per heavy atom. The maximum atomic E-state index is 13.4. The summed E-state index contributed by atoms with van der Waals surface area (Å²) >= 11 is 14.7. The van der Waals surface area contributed by atoms with E-state index in [-0.39, 0.29) is 67.6 Å². The molecule has 0 aliphatic rings. The first-order valence-corrected chi connectivity index (χ1v) is 20.3. The minimum atomic E-state index is -1.04. The SMILES string of the molecule is C.CC(C)Nc1cc(-c2cnc(C(=O)NCc3cc(F)ccc3CO)s2)c(Cl)cn1.CC(C)Nc1cc(-c2cnc(C(=O)O)s2)c(Cl)cn1.NCc1cc(F)ccc1CO. The standard InChI is InChI=1S/C20H20ClFN4O2S.C12H12ClN3O2S.C8H10FNO.CH4/c1-11(2)26-18-6-15(16(21)8-23-18)17-9-25-20(29-17)19(28)24-7-13-5-14(22)4-3-12(13)10-27;1-6(2)16-10-3-7(8(13)4-14-10)9-5-15-11(19-9)12(17)18;9-8-2-1-6(5-11)7(3-8)4-10;/h3-6,8-9,11,27H,7,10H2,1-2H3,(H,23,26)(H,24,28);3-6H,1-2H3,(H,14,16)(H,17,18);1-3,11H,4-5,10H2;1H4. The minimum absolute atomic E-state index is 0. The van der Waals surface area contributed by atoms with Crippen LogP contribution in [0.3, 0.4) is 0 Å². The number of nitrogens with two attached hydrogens (primary N) is 1. The minimum Gasteiger partial charge on any atom is -0.476 e. The molecule has 0 spiro atoms. The summed E-state index contributed by atoms with van der Waals surface area (Å²) in [4.78, 5) is 41.2. The number of aliphatic hydroxyl groups is 2. The molecule has 60 heavy (non-hydrogen) atoms. The number of thiazole rings is 2. The summed E-state index contributed by atoms with van der Waals surface area (Å²) in [5.74, 6) is -0.799. The Balaban J connectivity index is 0.000000265. The normalized spacial score (nSPS) is 10.6. The number of carboxylic acid groups (broad SMARTS) is 1. The molecule has 0 unspecified atom stereocenters. The molecule has 0 bridgehead atoms. The fraction of sp³-hybridized carbons (Fsp3) is 0.268. The molecule has 4 aromatic heterocycles. The van der Waals surface area contributed by atoms with Crippen LogP contribution in [0.25, 0.3) is 20.9 Å². The summed E-state index contributed by atoms with van der Waals surface area (Å²) in [6.45, 7) is 8.04. The van der Waals surface area contributed by atoms with Crippen LogP contribution in [0.2, 0.25) is 10.0 Å².